The number of aliphatic hydroxyl groups is 1. The Morgan fingerprint density at radius 3 is 2.00 bits per heavy atom. The summed E-state index contributed by atoms with van der Waals surface area (Å²) in [6, 6.07) is -2.47. The molecule has 0 aromatic carbocycles. The number of hydrogen-bond donors (Lipinski definition) is 7. The number of carbonyl (C=O) groups excluding carboxylic acids is 6. The second-order valence-corrected chi connectivity index (χ2v) is 8.32. The lowest BCUT2D eigenvalue weighted by Gasteiger charge is -2.19. The van der Waals surface area contributed by atoms with Gasteiger partial charge in [0.25, 0.3) is 0 Å². The van der Waals surface area contributed by atoms with Crippen molar-refractivity contribution in [2.75, 3.05) is 19.7 Å². The van der Waals surface area contributed by atoms with Crippen LogP contribution in [0, 0.1) is 5.92 Å². The second-order valence-electron chi connectivity index (χ2n) is 8.32. The number of hydrogen-bond acceptors (Lipinski definition) is 9. The number of nitrogens with one attached hydrogen (secondary N) is 3. The predicted octanol–water partition coefficient (Wildman–Crippen LogP) is -2.87. The third-order valence-electron chi connectivity index (χ3n) is 5.11. The molecule has 15 nitrogen and oxygen atoms in total. The van der Waals surface area contributed by atoms with Gasteiger partial charge in [-0.15, -0.1) is 0 Å². The fourth-order valence-electron chi connectivity index (χ4n) is 3.09. The molecule has 0 unspecified atom stereocenters. The highest BCUT2D eigenvalue weighted by atomic mass is 16.4. The molecular weight excluding hydrogens is 492 g/mol. The summed E-state index contributed by atoms with van der Waals surface area (Å²) in [6.07, 6.45) is -1.51. The van der Waals surface area contributed by atoms with Gasteiger partial charge in [0.05, 0.1) is 31.7 Å². The number of guanidine groups is 1. The van der Waals surface area contributed by atoms with Gasteiger partial charge >= 0.3 is 5.97 Å². The molecule has 37 heavy (non-hydrogen) atoms. The van der Waals surface area contributed by atoms with Crippen LogP contribution in [0.15, 0.2) is 4.99 Å². The number of carboxylic acids is 1. The third-order valence-corrected chi connectivity index (χ3v) is 5.11. The van der Waals surface area contributed by atoms with Gasteiger partial charge in [-0.3, -0.25) is 38.6 Å². The minimum atomic E-state index is -1.46. The van der Waals surface area contributed by atoms with Crippen molar-refractivity contribution in [3.63, 3.8) is 0 Å². The number of aliphatic carboxylic acids is 1. The summed E-state index contributed by atoms with van der Waals surface area (Å²) in [6.45, 7) is 1.61. The van der Waals surface area contributed by atoms with Gasteiger partial charge in [0.2, 0.25) is 17.7 Å². The van der Waals surface area contributed by atoms with Crippen molar-refractivity contribution < 1.29 is 43.8 Å². The number of aliphatic hydroxyl groups excluding tert-OH is 1. The molecule has 0 rings (SSSR count). The van der Waals surface area contributed by atoms with Gasteiger partial charge in [-0.2, -0.15) is 0 Å². The molecule has 208 valence electrons. The number of nitrogens with zero attached hydrogens (tertiary/aromatic N) is 1. The van der Waals surface area contributed by atoms with Crippen molar-refractivity contribution in [3.8, 4) is 0 Å². The van der Waals surface area contributed by atoms with Crippen LogP contribution in [-0.2, 0) is 33.6 Å². The van der Waals surface area contributed by atoms with E-state index in [1.165, 1.54) is 13.8 Å². The largest absolute Gasteiger partial charge is 0.481 e. The highest BCUT2D eigenvalue weighted by Gasteiger charge is 2.28. The van der Waals surface area contributed by atoms with Gasteiger partial charge in [-0.1, -0.05) is 0 Å². The number of amides is 3. The van der Waals surface area contributed by atoms with Crippen LogP contribution in [0.4, 0.5) is 0 Å². The van der Waals surface area contributed by atoms with Crippen LogP contribution in [-0.4, -0.2) is 89.0 Å². The predicted molar refractivity (Wildman–Crippen MR) is 130 cm³/mol. The Balaban J connectivity index is 5.17. The molecule has 0 saturated heterocycles. The normalized spacial score (nSPS) is 12.8. The van der Waals surface area contributed by atoms with Crippen LogP contribution in [0.5, 0.6) is 0 Å². The zero-order valence-corrected chi connectivity index (χ0v) is 21.0. The summed E-state index contributed by atoms with van der Waals surface area (Å²) < 4.78 is 0. The maximum Gasteiger partial charge on any atom is 0.305 e. The average Bonchev–Trinajstić information content (AvgIpc) is 2.80. The summed E-state index contributed by atoms with van der Waals surface area (Å²) in [5.74, 6) is -6.14. The van der Waals surface area contributed by atoms with Crippen molar-refractivity contribution in [3.05, 3.63) is 0 Å². The molecule has 0 heterocycles. The number of nitrogens with two attached hydrogens (primary N) is 2. The summed E-state index contributed by atoms with van der Waals surface area (Å²) in [7, 11) is 0. The Bertz CT molecular complexity index is 886. The fraction of sp³-hybridized carbons (Fsp3) is 0.636. The number of Topliss-reactive ketones (excluding diaryl/α,β-unsaturated/α-hetero) is 3. The van der Waals surface area contributed by atoms with Crippen LogP contribution >= 0.6 is 0 Å². The van der Waals surface area contributed by atoms with E-state index in [-0.39, 0.29) is 31.9 Å². The van der Waals surface area contributed by atoms with Crippen LogP contribution in [0.3, 0.4) is 0 Å². The standard InChI is InChI=1S/C22H36N6O9/c1-12(30)14(11-29)8-18(33)16(9-21(36)37)28-19(34)6-5-17(32)15(4-3-7-25-22(23)24)27-20(35)10-26-13(2)31/h14-16,29H,3-11H2,1-2H3,(H,26,31)(H,27,35)(H,28,34)(H,36,37)(H4,23,24,25)/t14-,15-,16-/m0/s1. The number of aliphatic imine (C=N–C) groups is 1. The molecular formula is C22H36N6O9. The Morgan fingerprint density at radius 2 is 1.49 bits per heavy atom. The summed E-state index contributed by atoms with van der Waals surface area (Å²) in [4.78, 5) is 87.0. The number of carbonyl (C=O) groups is 7. The highest BCUT2D eigenvalue weighted by molar-refractivity contribution is 5.96. The molecule has 0 aliphatic carbocycles. The van der Waals surface area contributed by atoms with E-state index in [0.717, 1.165) is 0 Å². The number of carboxylic acid groups (broad SMARTS) is 1. The number of rotatable bonds is 19. The molecule has 15 heteroatoms. The maximum absolute atomic E-state index is 12.7. The Hall–Kier alpha value is -3.88. The first-order valence-electron chi connectivity index (χ1n) is 11.5. The Kier molecular flexibility index (Phi) is 15.7. The van der Waals surface area contributed by atoms with Gasteiger partial charge in [0, 0.05) is 38.6 Å². The van der Waals surface area contributed by atoms with Crippen molar-refractivity contribution in [1.82, 2.24) is 16.0 Å². The molecule has 0 aromatic heterocycles. The summed E-state index contributed by atoms with van der Waals surface area (Å²) in [5.41, 5.74) is 10.5. The van der Waals surface area contributed by atoms with E-state index in [1.807, 2.05) is 0 Å². The molecule has 3 amide bonds. The van der Waals surface area contributed by atoms with E-state index in [9.17, 15) is 38.7 Å². The zero-order valence-electron chi connectivity index (χ0n) is 21.0. The molecule has 0 aliphatic rings. The zero-order chi connectivity index (χ0) is 28.5. The Morgan fingerprint density at radius 1 is 0.865 bits per heavy atom. The first-order chi connectivity index (χ1) is 17.3. The van der Waals surface area contributed by atoms with Crippen molar-refractivity contribution >= 4 is 47.0 Å². The van der Waals surface area contributed by atoms with Gasteiger partial charge in [0.1, 0.15) is 5.78 Å². The second kappa shape index (κ2) is 17.5. The molecule has 0 spiro atoms. The quantitative estimate of drug-likeness (QED) is 0.0509. The monoisotopic (exact) mass is 528 g/mol. The molecule has 0 saturated carbocycles. The van der Waals surface area contributed by atoms with Gasteiger partial charge in [-0.05, 0) is 19.8 Å². The van der Waals surface area contributed by atoms with E-state index < -0.39 is 84.9 Å². The van der Waals surface area contributed by atoms with Gasteiger partial charge in [-0.25, -0.2) is 0 Å². The lowest BCUT2D eigenvalue weighted by atomic mass is 9.94. The van der Waals surface area contributed by atoms with E-state index in [0.29, 0.717) is 6.42 Å². The van der Waals surface area contributed by atoms with E-state index >= 15 is 0 Å². The maximum atomic E-state index is 12.7. The molecule has 0 bridgehead atoms. The minimum Gasteiger partial charge on any atom is -0.481 e. The van der Waals surface area contributed by atoms with E-state index in [2.05, 4.69) is 20.9 Å². The molecule has 9 N–H and O–H groups in total. The Labute approximate surface area is 213 Å². The summed E-state index contributed by atoms with van der Waals surface area (Å²) >= 11 is 0. The lowest BCUT2D eigenvalue weighted by molar-refractivity contribution is -0.140. The van der Waals surface area contributed by atoms with Crippen LogP contribution in [0.1, 0.15) is 52.4 Å². The van der Waals surface area contributed by atoms with Crippen molar-refractivity contribution in [2.45, 2.75) is 64.5 Å². The highest BCUT2D eigenvalue weighted by Crippen LogP contribution is 2.10. The molecule has 3 atom stereocenters. The molecule has 0 aromatic rings. The molecule has 0 fully saturated rings. The lowest BCUT2D eigenvalue weighted by Crippen LogP contribution is -2.46. The minimum absolute atomic E-state index is 0.136. The van der Waals surface area contributed by atoms with E-state index in [1.54, 1.807) is 0 Å². The SMILES string of the molecule is CC(=O)NCC(=O)N[C@@H](CCCN=C(N)N)C(=O)CCC(=O)N[C@@H](CC(=O)O)C(=O)C[C@@H](CO)C(C)=O. The van der Waals surface area contributed by atoms with Crippen molar-refractivity contribution in [1.29, 1.82) is 0 Å². The summed E-state index contributed by atoms with van der Waals surface area (Å²) in [5, 5.41) is 25.3. The molecule has 0 aliphatic heterocycles. The fourth-order valence-corrected chi connectivity index (χ4v) is 3.09. The molecule has 0 radical (unpaired) electrons. The first kappa shape index (κ1) is 33.1. The van der Waals surface area contributed by atoms with Crippen LogP contribution in [0.25, 0.3) is 0 Å². The van der Waals surface area contributed by atoms with Crippen LogP contribution in [0.2, 0.25) is 0 Å². The van der Waals surface area contributed by atoms with E-state index in [4.69, 9.17) is 16.6 Å². The van der Waals surface area contributed by atoms with Crippen LogP contribution < -0.4 is 27.4 Å². The topological polar surface area (TPSA) is 260 Å². The third kappa shape index (κ3) is 15.7. The first-order valence-corrected chi connectivity index (χ1v) is 11.5. The van der Waals surface area contributed by atoms with Gasteiger partial charge in [0.15, 0.2) is 17.5 Å². The average molecular weight is 529 g/mol. The van der Waals surface area contributed by atoms with Gasteiger partial charge < -0.3 is 37.6 Å². The smallest absolute Gasteiger partial charge is 0.305 e. The van der Waals surface area contributed by atoms with Crippen molar-refractivity contribution in [2.24, 2.45) is 22.4 Å². The number of ketones is 3.